The maximum atomic E-state index is 2.09. The van der Waals surface area contributed by atoms with Gasteiger partial charge >= 0.3 is 0 Å². The van der Waals surface area contributed by atoms with E-state index in [0.29, 0.717) is 0 Å². The molecule has 0 aromatic heterocycles. The summed E-state index contributed by atoms with van der Waals surface area (Å²) < 4.78 is 0. The summed E-state index contributed by atoms with van der Waals surface area (Å²) in [7, 11) is 0. The van der Waals surface area contributed by atoms with Crippen LogP contribution in [0.5, 0.6) is 0 Å². The van der Waals surface area contributed by atoms with Gasteiger partial charge in [-0.05, 0) is 11.1 Å². The zero-order chi connectivity index (χ0) is 12.5. The number of rotatable bonds is 4. The van der Waals surface area contributed by atoms with Gasteiger partial charge in [-0.2, -0.15) is 0 Å². The van der Waals surface area contributed by atoms with Gasteiger partial charge in [0.15, 0.2) is 0 Å². The first-order valence-corrected chi connectivity index (χ1v) is 6.07. The molecular formula is C18H16. The van der Waals surface area contributed by atoms with Crippen LogP contribution in [0.1, 0.15) is 11.1 Å². The smallest absolute Gasteiger partial charge is 0.0257 e. The zero-order valence-corrected chi connectivity index (χ0v) is 10.2. The van der Waals surface area contributed by atoms with Crippen molar-refractivity contribution in [2.45, 2.75) is 0 Å². The SMILES string of the molecule is C(=C/c1ccccc1)/C=C/C=C/c1ccccc1. The zero-order valence-electron chi connectivity index (χ0n) is 10.2. The number of hydrogen-bond acceptors (Lipinski definition) is 0. The van der Waals surface area contributed by atoms with Crippen molar-refractivity contribution in [1.29, 1.82) is 0 Å². The van der Waals surface area contributed by atoms with E-state index in [1.165, 1.54) is 11.1 Å². The van der Waals surface area contributed by atoms with E-state index >= 15 is 0 Å². The van der Waals surface area contributed by atoms with E-state index in [0.717, 1.165) is 0 Å². The highest BCUT2D eigenvalue weighted by molar-refractivity contribution is 5.53. The highest BCUT2D eigenvalue weighted by atomic mass is 13.9. The molecule has 0 nitrogen and oxygen atoms in total. The predicted molar refractivity (Wildman–Crippen MR) is 80.1 cm³/mol. The summed E-state index contributed by atoms with van der Waals surface area (Å²) in [6.45, 7) is 0. The van der Waals surface area contributed by atoms with Gasteiger partial charge in [-0.15, -0.1) is 0 Å². The first-order chi connectivity index (χ1) is 8.95. The maximum Gasteiger partial charge on any atom is -0.0257 e. The fourth-order valence-corrected chi connectivity index (χ4v) is 1.59. The molecule has 2 aromatic rings. The Kier molecular flexibility index (Phi) is 4.77. The van der Waals surface area contributed by atoms with Gasteiger partial charge in [0.2, 0.25) is 0 Å². The Hall–Kier alpha value is -2.34. The molecular weight excluding hydrogens is 216 g/mol. The summed E-state index contributed by atoms with van der Waals surface area (Å²) in [5, 5.41) is 0. The standard InChI is InChI=1S/C18H16/c1(5-11-17-13-7-3-8-14-17)2-6-12-18-15-9-4-10-16-18/h1-16H/b2-1+,11-5-,12-6+. The maximum absolute atomic E-state index is 2.09. The minimum absolute atomic E-state index is 1.22. The topological polar surface area (TPSA) is 0 Å². The molecule has 0 aliphatic carbocycles. The highest BCUT2D eigenvalue weighted by Crippen LogP contribution is 2.02. The van der Waals surface area contributed by atoms with Crippen LogP contribution in [-0.2, 0) is 0 Å². The number of benzene rings is 2. The van der Waals surface area contributed by atoms with Crippen molar-refractivity contribution in [3.8, 4) is 0 Å². The molecule has 0 heteroatoms. The average Bonchev–Trinajstić information content (AvgIpc) is 2.45. The monoisotopic (exact) mass is 232 g/mol. The van der Waals surface area contributed by atoms with Crippen LogP contribution in [0, 0.1) is 0 Å². The van der Waals surface area contributed by atoms with Crippen molar-refractivity contribution >= 4 is 12.2 Å². The largest absolute Gasteiger partial charge is 0.0622 e. The number of hydrogen-bond donors (Lipinski definition) is 0. The molecule has 0 heterocycles. The Labute approximate surface area is 109 Å². The van der Waals surface area contributed by atoms with Gasteiger partial charge in [0.1, 0.15) is 0 Å². The fraction of sp³-hybridized carbons (Fsp3) is 0. The summed E-state index contributed by atoms with van der Waals surface area (Å²) in [6.07, 6.45) is 12.3. The molecule has 0 saturated carbocycles. The van der Waals surface area contributed by atoms with Crippen molar-refractivity contribution in [3.63, 3.8) is 0 Å². The molecule has 88 valence electrons. The minimum Gasteiger partial charge on any atom is -0.0622 e. The van der Waals surface area contributed by atoms with Crippen molar-refractivity contribution in [3.05, 3.63) is 96.1 Å². The third-order valence-corrected chi connectivity index (χ3v) is 2.51. The van der Waals surface area contributed by atoms with Crippen molar-refractivity contribution in [2.24, 2.45) is 0 Å². The molecule has 0 atom stereocenters. The Morgan fingerprint density at radius 1 is 0.444 bits per heavy atom. The van der Waals surface area contributed by atoms with Gasteiger partial charge in [-0.3, -0.25) is 0 Å². The van der Waals surface area contributed by atoms with Crippen LogP contribution < -0.4 is 0 Å². The molecule has 0 aliphatic heterocycles. The lowest BCUT2D eigenvalue weighted by Gasteiger charge is -1.89. The molecule has 0 fully saturated rings. The van der Waals surface area contributed by atoms with E-state index in [4.69, 9.17) is 0 Å². The summed E-state index contributed by atoms with van der Waals surface area (Å²) in [5.41, 5.74) is 2.43. The van der Waals surface area contributed by atoms with Crippen LogP contribution in [0.3, 0.4) is 0 Å². The molecule has 0 radical (unpaired) electrons. The van der Waals surface area contributed by atoms with E-state index in [2.05, 4.69) is 36.4 Å². The van der Waals surface area contributed by atoms with E-state index < -0.39 is 0 Å². The quantitative estimate of drug-likeness (QED) is 0.653. The summed E-state index contributed by atoms with van der Waals surface area (Å²) in [6, 6.07) is 20.6. The molecule has 0 spiro atoms. The average molecular weight is 232 g/mol. The molecule has 18 heavy (non-hydrogen) atoms. The van der Waals surface area contributed by atoms with Crippen LogP contribution in [0.25, 0.3) is 12.2 Å². The molecule has 2 rings (SSSR count). The number of allylic oxidation sites excluding steroid dienone is 4. The second-order valence-electron chi connectivity index (χ2n) is 3.92. The molecule has 0 saturated heterocycles. The van der Waals surface area contributed by atoms with Gasteiger partial charge in [0.25, 0.3) is 0 Å². The summed E-state index contributed by atoms with van der Waals surface area (Å²) in [4.78, 5) is 0. The minimum atomic E-state index is 1.22. The lowest BCUT2D eigenvalue weighted by Crippen LogP contribution is -1.67. The Bertz CT molecular complexity index is 479. The second-order valence-corrected chi connectivity index (χ2v) is 3.92. The fourth-order valence-electron chi connectivity index (χ4n) is 1.59. The lowest BCUT2D eigenvalue weighted by molar-refractivity contribution is 1.66. The van der Waals surface area contributed by atoms with E-state index in [9.17, 15) is 0 Å². The highest BCUT2D eigenvalue weighted by Gasteiger charge is 1.80. The van der Waals surface area contributed by atoms with Crippen LogP contribution in [0.4, 0.5) is 0 Å². The lowest BCUT2D eigenvalue weighted by atomic mass is 10.2. The third-order valence-electron chi connectivity index (χ3n) is 2.51. The van der Waals surface area contributed by atoms with Crippen LogP contribution >= 0.6 is 0 Å². The summed E-state index contributed by atoms with van der Waals surface area (Å²) in [5.74, 6) is 0. The molecule has 0 N–H and O–H groups in total. The van der Waals surface area contributed by atoms with E-state index in [1.807, 2.05) is 60.7 Å². The van der Waals surface area contributed by atoms with Crippen molar-refractivity contribution in [2.75, 3.05) is 0 Å². The van der Waals surface area contributed by atoms with E-state index in [1.54, 1.807) is 0 Å². The van der Waals surface area contributed by atoms with Gasteiger partial charge in [-0.25, -0.2) is 0 Å². The predicted octanol–water partition coefficient (Wildman–Crippen LogP) is 4.97. The Morgan fingerprint density at radius 3 is 1.22 bits per heavy atom. The third kappa shape index (κ3) is 4.26. The van der Waals surface area contributed by atoms with Crippen LogP contribution in [0.2, 0.25) is 0 Å². The summed E-state index contributed by atoms with van der Waals surface area (Å²) >= 11 is 0. The molecule has 0 bridgehead atoms. The van der Waals surface area contributed by atoms with Gasteiger partial charge in [-0.1, -0.05) is 97.1 Å². The van der Waals surface area contributed by atoms with Crippen LogP contribution in [0.15, 0.2) is 85.0 Å². The molecule has 2 aromatic carbocycles. The second kappa shape index (κ2) is 7.08. The first-order valence-electron chi connectivity index (χ1n) is 6.07. The van der Waals surface area contributed by atoms with Crippen molar-refractivity contribution in [1.82, 2.24) is 0 Å². The first kappa shape index (κ1) is 12.1. The van der Waals surface area contributed by atoms with Crippen LogP contribution in [-0.4, -0.2) is 0 Å². The van der Waals surface area contributed by atoms with Gasteiger partial charge in [0, 0.05) is 0 Å². The Morgan fingerprint density at radius 2 is 0.833 bits per heavy atom. The van der Waals surface area contributed by atoms with Crippen molar-refractivity contribution < 1.29 is 0 Å². The van der Waals surface area contributed by atoms with E-state index in [-0.39, 0.29) is 0 Å². The Balaban J connectivity index is 1.86. The molecule has 0 aliphatic rings. The van der Waals surface area contributed by atoms with Gasteiger partial charge < -0.3 is 0 Å². The van der Waals surface area contributed by atoms with Gasteiger partial charge in [0.05, 0.1) is 0 Å². The molecule has 0 amide bonds. The normalized spacial score (nSPS) is 11.8. The molecule has 0 unspecified atom stereocenters.